The zero-order valence-corrected chi connectivity index (χ0v) is 15.0. The number of rotatable bonds is 5. The third-order valence-electron chi connectivity index (χ3n) is 4.45. The van der Waals surface area contributed by atoms with Crippen molar-refractivity contribution in [1.29, 1.82) is 0 Å². The van der Waals surface area contributed by atoms with Crippen LogP contribution in [0.15, 0.2) is 89.0 Å². The highest BCUT2D eigenvalue weighted by molar-refractivity contribution is 6.00. The minimum absolute atomic E-state index is 0.0505. The molecule has 28 heavy (non-hydrogen) atoms. The summed E-state index contributed by atoms with van der Waals surface area (Å²) < 4.78 is 1.51. The van der Waals surface area contributed by atoms with Crippen LogP contribution in [0.25, 0.3) is 10.9 Å². The van der Waals surface area contributed by atoms with E-state index in [4.69, 9.17) is 0 Å². The highest BCUT2D eigenvalue weighted by Gasteiger charge is 2.11. The molecule has 2 N–H and O–H groups in total. The molecule has 6 nitrogen and oxygen atoms in total. The van der Waals surface area contributed by atoms with Crippen LogP contribution in [-0.2, 0) is 6.54 Å². The number of carbonyl (C=O) groups is 1. The molecule has 0 aliphatic rings. The van der Waals surface area contributed by atoms with Crippen molar-refractivity contribution in [2.24, 2.45) is 5.10 Å². The number of hydrazone groups is 1. The molecule has 0 radical (unpaired) electrons. The zero-order chi connectivity index (χ0) is 19.3. The Morgan fingerprint density at radius 2 is 1.82 bits per heavy atom. The Balaban J connectivity index is 1.50. The Hall–Kier alpha value is -3.93. The van der Waals surface area contributed by atoms with E-state index in [1.54, 1.807) is 18.5 Å². The lowest BCUT2D eigenvalue weighted by atomic mass is 10.2. The number of aromatic amines is 1. The second kappa shape index (κ2) is 7.75. The Labute approximate surface area is 161 Å². The highest BCUT2D eigenvalue weighted by atomic mass is 16.2. The maximum Gasteiger partial charge on any atom is 0.276 e. The number of hydrogen-bond donors (Lipinski definition) is 2. The van der Waals surface area contributed by atoms with Gasteiger partial charge < -0.3 is 9.55 Å². The van der Waals surface area contributed by atoms with Crippen molar-refractivity contribution in [3.05, 3.63) is 106 Å². The molecule has 0 atom stereocenters. The van der Waals surface area contributed by atoms with Crippen LogP contribution in [0.2, 0.25) is 0 Å². The Morgan fingerprint density at radius 3 is 2.68 bits per heavy atom. The topological polar surface area (TPSA) is 79.2 Å². The van der Waals surface area contributed by atoms with Gasteiger partial charge in [0.25, 0.3) is 11.5 Å². The lowest BCUT2D eigenvalue weighted by Crippen LogP contribution is -2.30. The van der Waals surface area contributed by atoms with Gasteiger partial charge in [0.15, 0.2) is 0 Å². The van der Waals surface area contributed by atoms with E-state index >= 15 is 0 Å². The number of para-hydroxylation sites is 1. The lowest BCUT2D eigenvalue weighted by Gasteiger charge is -2.07. The summed E-state index contributed by atoms with van der Waals surface area (Å²) in [6.07, 6.45) is 5.04. The second-order valence-corrected chi connectivity index (χ2v) is 6.33. The first kappa shape index (κ1) is 17.5. The first-order chi connectivity index (χ1) is 13.7. The van der Waals surface area contributed by atoms with Gasteiger partial charge >= 0.3 is 0 Å². The Bertz CT molecular complexity index is 1210. The third-order valence-corrected chi connectivity index (χ3v) is 4.45. The summed E-state index contributed by atoms with van der Waals surface area (Å²) in [5.74, 6) is -0.538. The number of fused-ring (bicyclic) bond motifs is 1. The first-order valence-corrected chi connectivity index (χ1v) is 8.85. The van der Waals surface area contributed by atoms with Crippen LogP contribution in [0.4, 0.5) is 0 Å². The maximum absolute atomic E-state index is 12.6. The summed E-state index contributed by atoms with van der Waals surface area (Å²) in [7, 11) is 0. The molecule has 0 fully saturated rings. The molecule has 138 valence electrons. The van der Waals surface area contributed by atoms with E-state index in [1.807, 2.05) is 60.8 Å². The number of pyridine rings is 1. The van der Waals surface area contributed by atoms with E-state index in [-0.39, 0.29) is 11.1 Å². The zero-order valence-electron chi connectivity index (χ0n) is 15.0. The number of H-pyrrole nitrogens is 1. The van der Waals surface area contributed by atoms with Crippen LogP contribution in [0.1, 0.15) is 21.5 Å². The van der Waals surface area contributed by atoms with Crippen molar-refractivity contribution in [2.45, 2.75) is 6.54 Å². The maximum atomic E-state index is 12.6. The van der Waals surface area contributed by atoms with Gasteiger partial charge in [0, 0.05) is 28.9 Å². The largest absolute Gasteiger partial charge is 0.361 e. The number of nitrogens with zero attached hydrogens (tertiary/aromatic N) is 2. The molecule has 0 saturated heterocycles. The van der Waals surface area contributed by atoms with E-state index in [1.165, 1.54) is 10.6 Å². The number of nitrogens with one attached hydrogen (secondary N) is 2. The SMILES string of the molecule is O=C(N/N=C\c1c[nH]c2ccccc12)c1cccn(Cc2ccccc2)c1=O. The normalized spacial score (nSPS) is 11.1. The van der Waals surface area contributed by atoms with E-state index in [9.17, 15) is 9.59 Å². The molecule has 0 saturated carbocycles. The fourth-order valence-electron chi connectivity index (χ4n) is 3.04. The van der Waals surface area contributed by atoms with Crippen molar-refractivity contribution in [3.63, 3.8) is 0 Å². The molecular weight excluding hydrogens is 352 g/mol. The fourth-order valence-corrected chi connectivity index (χ4v) is 3.04. The van der Waals surface area contributed by atoms with Crippen LogP contribution < -0.4 is 11.0 Å². The molecule has 0 spiro atoms. The quantitative estimate of drug-likeness (QED) is 0.418. The van der Waals surface area contributed by atoms with Gasteiger partial charge in [0.1, 0.15) is 5.56 Å². The van der Waals surface area contributed by atoms with Gasteiger partial charge in [-0.25, -0.2) is 5.43 Å². The standard InChI is InChI=1S/C22H18N4O2/c27-21(25-24-14-17-13-23-20-11-5-4-9-18(17)20)19-10-6-12-26(22(19)28)15-16-7-2-1-3-8-16/h1-14,23H,15H2,(H,25,27)/b24-14-. The fraction of sp³-hybridized carbons (Fsp3) is 0.0455. The minimum Gasteiger partial charge on any atom is -0.361 e. The van der Waals surface area contributed by atoms with Gasteiger partial charge in [-0.3, -0.25) is 9.59 Å². The first-order valence-electron chi connectivity index (χ1n) is 8.85. The van der Waals surface area contributed by atoms with Crippen LogP contribution in [-0.4, -0.2) is 21.7 Å². The van der Waals surface area contributed by atoms with Gasteiger partial charge in [-0.15, -0.1) is 0 Å². The molecule has 2 aromatic carbocycles. The molecule has 1 amide bonds. The van der Waals surface area contributed by atoms with Gasteiger partial charge in [-0.05, 0) is 23.8 Å². The molecule has 0 bridgehead atoms. The predicted molar refractivity (Wildman–Crippen MR) is 110 cm³/mol. The number of amides is 1. The number of carbonyl (C=O) groups excluding carboxylic acids is 1. The smallest absolute Gasteiger partial charge is 0.276 e. The lowest BCUT2D eigenvalue weighted by molar-refractivity contribution is 0.0953. The summed E-state index contributed by atoms with van der Waals surface area (Å²) in [4.78, 5) is 28.2. The Morgan fingerprint density at radius 1 is 1.04 bits per heavy atom. The average Bonchev–Trinajstić information content (AvgIpc) is 3.13. The number of hydrogen-bond acceptors (Lipinski definition) is 3. The van der Waals surface area contributed by atoms with Crippen molar-refractivity contribution in [3.8, 4) is 0 Å². The monoisotopic (exact) mass is 370 g/mol. The highest BCUT2D eigenvalue weighted by Crippen LogP contribution is 2.15. The number of benzene rings is 2. The summed E-state index contributed by atoms with van der Waals surface area (Å²) in [5, 5.41) is 5.01. The molecule has 2 aromatic heterocycles. The molecule has 2 heterocycles. The van der Waals surface area contributed by atoms with E-state index in [0.717, 1.165) is 22.0 Å². The van der Waals surface area contributed by atoms with Crippen molar-refractivity contribution >= 4 is 23.0 Å². The third kappa shape index (κ3) is 3.61. The van der Waals surface area contributed by atoms with Crippen LogP contribution in [0.3, 0.4) is 0 Å². The second-order valence-electron chi connectivity index (χ2n) is 6.33. The summed E-state index contributed by atoms with van der Waals surface area (Å²) >= 11 is 0. The minimum atomic E-state index is -0.538. The molecule has 4 aromatic rings. The molecule has 0 unspecified atom stereocenters. The predicted octanol–water partition coefficient (Wildman–Crippen LogP) is 3.14. The van der Waals surface area contributed by atoms with Crippen molar-refractivity contribution in [1.82, 2.24) is 15.0 Å². The molecule has 0 aliphatic heterocycles. The van der Waals surface area contributed by atoms with Gasteiger partial charge in [-0.2, -0.15) is 5.10 Å². The van der Waals surface area contributed by atoms with Crippen LogP contribution >= 0.6 is 0 Å². The van der Waals surface area contributed by atoms with E-state index in [2.05, 4.69) is 15.5 Å². The molecule has 4 rings (SSSR count). The van der Waals surface area contributed by atoms with Crippen molar-refractivity contribution < 1.29 is 4.79 Å². The van der Waals surface area contributed by atoms with Gasteiger partial charge in [0.05, 0.1) is 12.8 Å². The summed E-state index contributed by atoms with van der Waals surface area (Å²) in [5.41, 5.74) is 4.96. The van der Waals surface area contributed by atoms with Crippen molar-refractivity contribution in [2.75, 3.05) is 0 Å². The van der Waals surface area contributed by atoms with Crippen LogP contribution in [0.5, 0.6) is 0 Å². The van der Waals surface area contributed by atoms with Gasteiger partial charge in [0.2, 0.25) is 0 Å². The number of aromatic nitrogens is 2. The average molecular weight is 370 g/mol. The Kier molecular flexibility index (Phi) is 4.84. The summed E-state index contributed by atoms with van der Waals surface area (Å²) in [6.45, 7) is 0.402. The van der Waals surface area contributed by atoms with Gasteiger partial charge in [-0.1, -0.05) is 48.5 Å². The molecule has 6 heteroatoms. The molecule has 0 aliphatic carbocycles. The molecular formula is C22H18N4O2. The van der Waals surface area contributed by atoms with Crippen LogP contribution in [0, 0.1) is 0 Å². The van der Waals surface area contributed by atoms with E-state index in [0.29, 0.717) is 6.54 Å². The summed E-state index contributed by atoms with van der Waals surface area (Å²) in [6, 6.07) is 20.6. The van der Waals surface area contributed by atoms with E-state index < -0.39 is 5.91 Å².